The zero-order valence-electron chi connectivity index (χ0n) is 18.0. The highest BCUT2D eigenvalue weighted by molar-refractivity contribution is 7.89. The molecule has 0 aliphatic heterocycles. The monoisotopic (exact) mass is 466 g/mol. The topological polar surface area (TPSA) is 92.8 Å². The van der Waals surface area contributed by atoms with Crippen molar-refractivity contribution in [3.05, 3.63) is 58.6 Å². The Kier molecular flexibility index (Phi) is 8.61. The van der Waals surface area contributed by atoms with Crippen LogP contribution in [0.25, 0.3) is 0 Å². The van der Waals surface area contributed by atoms with Gasteiger partial charge < -0.3 is 10.1 Å². The van der Waals surface area contributed by atoms with Crippen molar-refractivity contribution < 1.29 is 22.7 Å². The zero-order chi connectivity index (χ0) is 23.2. The molecular weight excluding hydrogens is 440 g/mol. The van der Waals surface area contributed by atoms with E-state index < -0.39 is 28.5 Å². The quantitative estimate of drug-likeness (QED) is 0.556. The fraction of sp³-hybridized carbons (Fsp3) is 0.364. The van der Waals surface area contributed by atoms with Gasteiger partial charge in [0.1, 0.15) is 4.90 Å². The number of nitrogens with one attached hydrogen (secondary N) is 1. The van der Waals surface area contributed by atoms with Crippen LogP contribution in [0.2, 0.25) is 5.02 Å². The molecule has 0 saturated heterocycles. The van der Waals surface area contributed by atoms with Crippen LogP contribution in [-0.4, -0.2) is 44.3 Å². The van der Waals surface area contributed by atoms with Crippen LogP contribution in [0.3, 0.4) is 0 Å². The van der Waals surface area contributed by atoms with Crippen LogP contribution in [0.15, 0.2) is 47.4 Å². The van der Waals surface area contributed by atoms with Gasteiger partial charge >= 0.3 is 5.97 Å². The number of carbonyl (C=O) groups excluding carboxylic acids is 2. The number of hydrogen-bond acceptors (Lipinski definition) is 5. The number of carbonyl (C=O) groups is 2. The number of benzene rings is 2. The first-order valence-corrected chi connectivity index (χ1v) is 11.8. The first-order chi connectivity index (χ1) is 14.6. The Morgan fingerprint density at radius 2 is 1.68 bits per heavy atom. The molecule has 1 amide bonds. The smallest absolute Gasteiger partial charge is 0.338 e. The number of hydrogen-bond donors (Lipinski definition) is 1. The van der Waals surface area contributed by atoms with E-state index in [9.17, 15) is 18.0 Å². The molecule has 0 heterocycles. The average Bonchev–Trinajstić information content (AvgIpc) is 2.73. The normalized spacial score (nSPS) is 11.6. The van der Waals surface area contributed by atoms with Gasteiger partial charge in [-0.1, -0.05) is 51.4 Å². The molecule has 7 nitrogen and oxygen atoms in total. The van der Waals surface area contributed by atoms with Gasteiger partial charge in [-0.25, -0.2) is 13.2 Å². The molecule has 2 aromatic rings. The molecule has 0 aromatic heterocycles. The third kappa shape index (κ3) is 6.29. The predicted octanol–water partition coefficient (Wildman–Crippen LogP) is 4.29. The minimum absolute atomic E-state index is 0.00559. The Morgan fingerprint density at radius 3 is 2.23 bits per heavy atom. The molecule has 0 radical (unpaired) electrons. The molecule has 9 heteroatoms. The second-order valence-corrected chi connectivity index (χ2v) is 9.45. The van der Waals surface area contributed by atoms with Crippen molar-refractivity contribution in [3.8, 4) is 0 Å². The van der Waals surface area contributed by atoms with Crippen molar-refractivity contribution in [2.24, 2.45) is 0 Å². The summed E-state index contributed by atoms with van der Waals surface area (Å²) in [6.07, 6.45) is 0. The van der Waals surface area contributed by atoms with E-state index >= 15 is 0 Å². The van der Waals surface area contributed by atoms with E-state index in [1.54, 1.807) is 26.0 Å². The van der Waals surface area contributed by atoms with E-state index in [4.69, 9.17) is 16.3 Å². The van der Waals surface area contributed by atoms with Crippen LogP contribution >= 0.6 is 11.6 Å². The lowest BCUT2D eigenvalue weighted by atomic mass is 10.0. The molecule has 0 saturated carbocycles. The number of esters is 1. The molecule has 0 fully saturated rings. The van der Waals surface area contributed by atoms with Crippen LogP contribution in [0, 0.1) is 0 Å². The second-order valence-electron chi connectivity index (χ2n) is 7.14. The summed E-state index contributed by atoms with van der Waals surface area (Å²) in [4.78, 5) is 24.3. The number of rotatable bonds is 9. The summed E-state index contributed by atoms with van der Waals surface area (Å²) in [5.41, 5.74) is 1.72. The first-order valence-electron chi connectivity index (χ1n) is 9.96. The minimum Gasteiger partial charge on any atom is -0.452 e. The summed E-state index contributed by atoms with van der Waals surface area (Å²) in [6, 6.07) is 11.2. The van der Waals surface area contributed by atoms with Crippen molar-refractivity contribution in [2.75, 3.05) is 25.0 Å². The Hall–Kier alpha value is -2.42. The molecule has 0 atom stereocenters. The van der Waals surface area contributed by atoms with Crippen molar-refractivity contribution >= 4 is 39.2 Å². The second kappa shape index (κ2) is 10.7. The van der Waals surface area contributed by atoms with Crippen molar-refractivity contribution in [1.82, 2.24) is 4.31 Å². The summed E-state index contributed by atoms with van der Waals surface area (Å²) in [6.45, 7) is 7.59. The maximum atomic E-state index is 12.8. The maximum Gasteiger partial charge on any atom is 0.338 e. The SMILES string of the molecule is CCN(CC)S(=O)(=O)c1cc(C(=O)OCC(=O)Nc2ccc(C(C)C)cc2)ccc1Cl. The molecule has 0 spiro atoms. The van der Waals surface area contributed by atoms with Gasteiger partial charge in [-0.15, -0.1) is 0 Å². The number of anilines is 1. The van der Waals surface area contributed by atoms with Crippen molar-refractivity contribution in [2.45, 2.75) is 38.5 Å². The van der Waals surface area contributed by atoms with Crippen LogP contribution in [0.1, 0.15) is 49.5 Å². The fourth-order valence-corrected chi connectivity index (χ4v) is 4.85. The molecule has 2 aromatic carbocycles. The van der Waals surface area contributed by atoms with Crippen molar-refractivity contribution in [1.29, 1.82) is 0 Å². The van der Waals surface area contributed by atoms with Gasteiger partial charge in [-0.3, -0.25) is 4.79 Å². The molecule has 2 rings (SSSR count). The van der Waals surface area contributed by atoms with Gasteiger partial charge in [0.25, 0.3) is 5.91 Å². The van der Waals surface area contributed by atoms with Crippen LogP contribution < -0.4 is 5.32 Å². The minimum atomic E-state index is -3.86. The van der Waals surface area contributed by atoms with E-state index in [1.807, 2.05) is 12.1 Å². The molecule has 31 heavy (non-hydrogen) atoms. The summed E-state index contributed by atoms with van der Waals surface area (Å²) < 4.78 is 31.8. The summed E-state index contributed by atoms with van der Waals surface area (Å²) >= 11 is 6.07. The van der Waals surface area contributed by atoms with Crippen molar-refractivity contribution in [3.63, 3.8) is 0 Å². The average molecular weight is 467 g/mol. The number of ether oxygens (including phenoxy) is 1. The standard InChI is InChI=1S/C22H27ClN2O5S/c1-5-25(6-2)31(28,29)20-13-17(9-12-19(20)23)22(27)30-14-21(26)24-18-10-7-16(8-11-18)15(3)4/h7-13,15H,5-6,14H2,1-4H3,(H,24,26). The van der Waals surface area contributed by atoms with Gasteiger partial charge in [-0.2, -0.15) is 4.31 Å². The zero-order valence-corrected chi connectivity index (χ0v) is 19.6. The van der Waals surface area contributed by atoms with E-state index in [0.29, 0.717) is 11.6 Å². The first kappa shape index (κ1) is 24.8. The molecule has 0 aliphatic rings. The molecule has 0 unspecified atom stereocenters. The van der Waals surface area contributed by atoms with Gasteiger partial charge in [0.2, 0.25) is 10.0 Å². The Bertz CT molecular complexity index is 1030. The summed E-state index contributed by atoms with van der Waals surface area (Å²) in [7, 11) is -3.86. The Morgan fingerprint density at radius 1 is 1.06 bits per heavy atom. The largest absolute Gasteiger partial charge is 0.452 e. The number of amides is 1. The number of nitrogens with zero attached hydrogens (tertiary/aromatic N) is 1. The summed E-state index contributed by atoms with van der Waals surface area (Å²) in [5.74, 6) is -0.950. The third-order valence-corrected chi connectivity index (χ3v) is 7.22. The Labute approximate surface area is 188 Å². The van der Waals surface area contributed by atoms with E-state index in [2.05, 4.69) is 19.2 Å². The predicted molar refractivity (Wildman–Crippen MR) is 121 cm³/mol. The lowest BCUT2D eigenvalue weighted by Crippen LogP contribution is -2.31. The van der Waals surface area contributed by atoms with E-state index in [1.165, 1.54) is 22.5 Å². The van der Waals surface area contributed by atoms with Crippen LogP contribution in [0.4, 0.5) is 5.69 Å². The number of sulfonamides is 1. The molecule has 0 bridgehead atoms. The van der Waals surface area contributed by atoms with E-state index in [0.717, 1.165) is 5.56 Å². The van der Waals surface area contributed by atoms with E-state index in [-0.39, 0.29) is 28.6 Å². The third-order valence-electron chi connectivity index (χ3n) is 4.69. The summed E-state index contributed by atoms with van der Waals surface area (Å²) in [5, 5.41) is 2.66. The van der Waals surface area contributed by atoms with Gasteiger partial charge in [0, 0.05) is 18.8 Å². The maximum absolute atomic E-state index is 12.8. The van der Waals surface area contributed by atoms with Crippen LogP contribution in [-0.2, 0) is 19.6 Å². The highest BCUT2D eigenvalue weighted by atomic mass is 35.5. The van der Waals surface area contributed by atoms with Gasteiger partial charge in [0.05, 0.1) is 10.6 Å². The van der Waals surface area contributed by atoms with Crippen LogP contribution in [0.5, 0.6) is 0 Å². The molecule has 168 valence electrons. The lowest BCUT2D eigenvalue weighted by molar-refractivity contribution is -0.119. The lowest BCUT2D eigenvalue weighted by Gasteiger charge is -2.19. The van der Waals surface area contributed by atoms with Gasteiger partial charge in [0.15, 0.2) is 6.61 Å². The van der Waals surface area contributed by atoms with Gasteiger partial charge in [-0.05, 0) is 41.8 Å². The highest BCUT2D eigenvalue weighted by Gasteiger charge is 2.26. The number of halogens is 1. The molecule has 0 aliphatic carbocycles. The fourth-order valence-electron chi connectivity index (χ4n) is 2.89. The highest BCUT2D eigenvalue weighted by Crippen LogP contribution is 2.26. The Balaban J connectivity index is 2.06. The molecular formula is C22H27ClN2O5S. The molecule has 1 N–H and O–H groups in total.